The largest absolute Gasteiger partial charge is 0.384 e. The Morgan fingerprint density at radius 2 is 1.88 bits per heavy atom. The fraction of sp³-hybridized carbons (Fsp3) is 0.200. The molecule has 0 bridgehead atoms. The van der Waals surface area contributed by atoms with E-state index in [1.54, 1.807) is 0 Å². The van der Waals surface area contributed by atoms with E-state index in [1.807, 2.05) is 12.1 Å². The highest BCUT2D eigenvalue weighted by Crippen LogP contribution is 2.31. The number of nitrogens with one attached hydrogen (secondary N) is 1. The first kappa shape index (κ1) is 10.7. The predicted molar refractivity (Wildman–Crippen MR) is 72.8 cm³/mol. The molecular formula is C15H14ClN. The van der Waals surface area contributed by atoms with Gasteiger partial charge in [-0.3, -0.25) is 0 Å². The van der Waals surface area contributed by atoms with Gasteiger partial charge in [0.15, 0.2) is 0 Å². The van der Waals surface area contributed by atoms with Crippen molar-refractivity contribution >= 4 is 17.3 Å². The topological polar surface area (TPSA) is 12.0 Å². The molecule has 1 N–H and O–H groups in total. The summed E-state index contributed by atoms with van der Waals surface area (Å²) in [7, 11) is 0. The molecule has 0 aromatic heterocycles. The van der Waals surface area contributed by atoms with Gasteiger partial charge in [-0.1, -0.05) is 48.0 Å². The third-order valence-corrected chi connectivity index (χ3v) is 3.58. The van der Waals surface area contributed by atoms with Crippen molar-refractivity contribution in [2.45, 2.75) is 12.3 Å². The van der Waals surface area contributed by atoms with Crippen LogP contribution in [0.15, 0.2) is 48.5 Å². The van der Waals surface area contributed by atoms with Crippen molar-refractivity contribution in [3.63, 3.8) is 0 Å². The number of rotatable bonds is 1. The molecule has 1 aliphatic rings. The molecule has 2 aromatic carbocycles. The average Bonchev–Trinajstić information content (AvgIpc) is 2.39. The molecule has 2 aromatic rings. The van der Waals surface area contributed by atoms with Gasteiger partial charge in [0.2, 0.25) is 0 Å². The Labute approximate surface area is 106 Å². The van der Waals surface area contributed by atoms with E-state index in [0.29, 0.717) is 5.92 Å². The Morgan fingerprint density at radius 1 is 1.06 bits per heavy atom. The standard InChI is InChI=1S/C15H14ClN/c16-14-7-6-12-8-13(10-17-15(12)9-14)11-4-2-1-3-5-11/h1-7,9,13,17H,8,10H2. The second-order valence-electron chi connectivity index (χ2n) is 4.49. The van der Waals surface area contributed by atoms with Crippen molar-refractivity contribution in [2.24, 2.45) is 0 Å². The Balaban J connectivity index is 1.88. The summed E-state index contributed by atoms with van der Waals surface area (Å²) in [4.78, 5) is 0. The van der Waals surface area contributed by atoms with Gasteiger partial charge in [-0.05, 0) is 29.7 Å². The lowest BCUT2D eigenvalue weighted by molar-refractivity contribution is 0.695. The van der Waals surface area contributed by atoms with Gasteiger partial charge in [0.25, 0.3) is 0 Å². The molecule has 86 valence electrons. The van der Waals surface area contributed by atoms with Crippen LogP contribution in [0.4, 0.5) is 5.69 Å². The number of benzene rings is 2. The molecule has 17 heavy (non-hydrogen) atoms. The third-order valence-electron chi connectivity index (χ3n) is 3.35. The first-order valence-corrected chi connectivity index (χ1v) is 6.28. The van der Waals surface area contributed by atoms with Crippen LogP contribution in [0.3, 0.4) is 0 Å². The van der Waals surface area contributed by atoms with Crippen molar-refractivity contribution < 1.29 is 0 Å². The summed E-state index contributed by atoms with van der Waals surface area (Å²) in [5.74, 6) is 0.560. The maximum Gasteiger partial charge on any atom is 0.0426 e. The molecule has 3 rings (SSSR count). The number of fused-ring (bicyclic) bond motifs is 1. The van der Waals surface area contributed by atoms with Gasteiger partial charge in [-0.15, -0.1) is 0 Å². The van der Waals surface area contributed by atoms with Crippen LogP contribution in [0.2, 0.25) is 5.02 Å². The first-order valence-electron chi connectivity index (χ1n) is 5.90. The van der Waals surface area contributed by atoms with Gasteiger partial charge in [-0.2, -0.15) is 0 Å². The summed E-state index contributed by atoms with van der Waals surface area (Å²) < 4.78 is 0. The van der Waals surface area contributed by atoms with E-state index in [0.717, 1.165) is 18.0 Å². The van der Waals surface area contributed by atoms with Crippen molar-refractivity contribution in [3.05, 3.63) is 64.7 Å². The second kappa shape index (κ2) is 4.42. The zero-order valence-corrected chi connectivity index (χ0v) is 10.2. The molecule has 0 saturated heterocycles. The first-order chi connectivity index (χ1) is 8.33. The smallest absolute Gasteiger partial charge is 0.0426 e. The van der Waals surface area contributed by atoms with E-state index >= 15 is 0 Å². The molecule has 0 fully saturated rings. The molecule has 0 radical (unpaired) electrons. The molecule has 1 unspecified atom stereocenters. The maximum absolute atomic E-state index is 5.99. The van der Waals surface area contributed by atoms with Crippen LogP contribution in [-0.2, 0) is 6.42 Å². The van der Waals surface area contributed by atoms with E-state index in [1.165, 1.54) is 16.8 Å². The minimum atomic E-state index is 0.560. The van der Waals surface area contributed by atoms with Gasteiger partial charge in [0.05, 0.1) is 0 Å². The van der Waals surface area contributed by atoms with E-state index < -0.39 is 0 Å². The Kier molecular flexibility index (Phi) is 2.77. The monoisotopic (exact) mass is 243 g/mol. The molecule has 0 amide bonds. The summed E-state index contributed by atoms with van der Waals surface area (Å²) in [6.07, 6.45) is 1.09. The second-order valence-corrected chi connectivity index (χ2v) is 4.93. The minimum absolute atomic E-state index is 0.560. The number of anilines is 1. The molecule has 0 aliphatic carbocycles. The van der Waals surface area contributed by atoms with Gasteiger partial charge in [0, 0.05) is 23.2 Å². The summed E-state index contributed by atoms with van der Waals surface area (Å²) in [5, 5.41) is 4.27. The van der Waals surface area contributed by atoms with Crippen LogP contribution in [0, 0.1) is 0 Å². The zero-order valence-electron chi connectivity index (χ0n) is 9.49. The van der Waals surface area contributed by atoms with Crippen molar-refractivity contribution in [1.29, 1.82) is 0 Å². The molecule has 1 heterocycles. The maximum atomic E-state index is 5.99. The van der Waals surface area contributed by atoms with Crippen LogP contribution in [0.5, 0.6) is 0 Å². The van der Waals surface area contributed by atoms with Crippen molar-refractivity contribution in [2.75, 3.05) is 11.9 Å². The molecule has 0 saturated carbocycles. The number of halogens is 1. The summed E-state index contributed by atoms with van der Waals surface area (Å²) in [6.45, 7) is 0.983. The summed E-state index contributed by atoms with van der Waals surface area (Å²) in [6, 6.07) is 16.8. The lowest BCUT2D eigenvalue weighted by Gasteiger charge is -2.26. The van der Waals surface area contributed by atoms with Gasteiger partial charge >= 0.3 is 0 Å². The normalized spacial score (nSPS) is 18.3. The molecule has 1 aliphatic heterocycles. The van der Waals surface area contributed by atoms with Gasteiger partial charge in [-0.25, -0.2) is 0 Å². The average molecular weight is 244 g/mol. The molecule has 0 spiro atoms. The quantitative estimate of drug-likeness (QED) is 0.796. The number of hydrogen-bond acceptors (Lipinski definition) is 1. The van der Waals surface area contributed by atoms with E-state index in [-0.39, 0.29) is 0 Å². The highest BCUT2D eigenvalue weighted by molar-refractivity contribution is 6.30. The van der Waals surface area contributed by atoms with E-state index in [2.05, 4.69) is 41.7 Å². The zero-order chi connectivity index (χ0) is 11.7. The molecule has 1 nitrogen and oxygen atoms in total. The SMILES string of the molecule is Clc1ccc2c(c1)NCC(c1ccccc1)C2. The fourth-order valence-electron chi connectivity index (χ4n) is 2.42. The Hall–Kier alpha value is -1.47. The molecular weight excluding hydrogens is 230 g/mol. The van der Waals surface area contributed by atoms with Gasteiger partial charge in [0.1, 0.15) is 0 Å². The lowest BCUT2D eigenvalue weighted by Crippen LogP contribution is -2.21. The Bertz CT molecular complexity index is 522. The van der Waals surface area contributed by atoms with E-state index in [9.17, 15) is 0 Å². The van der Waals surface area contributed by atoms with Crippen LogP contribution >= 0.6 is 11.6 Å². The Morgan fingerprint density at radius 3 is 2.71 bits per heavy atom. The summed E-state index contributed by atoms with van der Waals surface area (Å²) >= 11 is 5.99. The fourth-order valence-corrected chi connectivity index (χ4v) is 2.60. The predicted octanol–water partition coefficient (Wildman–Crippen LogP) is 4.09. The molecule has 2 heteroatoms. The summed E-state index contributed by atoms with van der Waals surface area (Å²) in [5.41, 5.74) is 3.94. The highest BCUT2D eigenvalue weighted by Gasteiger charge is 2.19. The highest BCUT2D eigenvalue weighted by atomic mass is 35.5. The van der Waals surface area contributed by atoms with Crippen LogP contribution in [0.25, 0.3) is 0 Å². The van der Waals surface area contributed by atoms with Crippen molar-refractivity contribution in [1.82, 2.24) is 0 Å². The van der Waals surface area contributed by atoms with Crippen LogP contribution in [-0.4, -0.2) is 6.54 Å². The lowest BCUT2D eigenvalue weighted by atomic mass is 9.88. The van der Waals surface area contributed by atoms with Crippen molar-refractivity contribution in [3.8, 4) is 0 Å². The number of hydrogen-bond donors (Lipinski definition) is 1. The van der Waals surface area contributed by atoms with Gasteiger partial charge < -0.3 is 5.32 Å². The van der Waals surface area contributed by atoms with Crippen LogP contribution in [0.1, 0.15) is 17.0 Å². The molecule has 1 atom stereocenters. The minimum Gasteiger partial charge on any atom is -0.384 e. The van der Waals surface area contributed by atoms with E-state index in [4.69, 9.17) is 11.6 Å². The third kappa shape index (κ3) is 2.16. The van der Waals surface area contributed by atoms with Crippen LogP contribution < -0.4 is 5.32 Å².